The monoisotopic (exact) mass is 299 g/mol. The Balaban J connectivity index is 0.000000362. The highest BCUT2D eigenvalue weighted by atomic mass is 32.2. The van der Waals surface area contributed by atoms with E-state index >= 15 is 0 Å². The van der Waals surface area contributed by atoms with Gasteiger partial charge >= 0.3 is 5.51 Å². The average Bonchev–Trinajstić information content (AvgIpc) is 2.24. The summed E-state index contributed by atoms with van der Waals surface area (Å²) in [6.45, 7) is 2.23. The van der Waals surface area contributed by atoms with Gasteiger partial charge < -0.3 is 4.55 Å². The van der Waals surface area contributed by atoms with Gasteiger partial charge in [-0.3, -0.25) is 0 Å². The minimum Gasteiger partial charge on any atom is -0.741 e. The Kier molecular flexibility index (Phi) is 6.99. The smallest absolute Gasteiger partial charge is 0.485 e. The average molecular weight is 299 g/mol. The number of halogens is 3. The van der Waals surface area contributed by atoms with Crippen LogP contribution in [0.5, 0.6) is 0 Å². The van der Waals surface area contributed by atoms with E-state index in [9.17, 15) is 13.2 Å². The van der Waals surface area contributed by atoms with Crippen LogP contribution in [0.3, 0.4) is 0 Å². The van der Waals surface area contributed by atoms with Gasteiger partial charge in [0.25, 0.3) is 0 Å². The van der Waals surface area contributed by atoms with Crippen LogP contribution in [0.4, 0.5) is 13.2 Å². The van der Waals surface area contributed by atoms with Gasteiger partial charge in [0.15, 0.2) is 22.5 Å². The van der Waals surface area contributed by atoms with Crippen molar-refractivity contribution in [2.75, 3.05) is 0 Å². The second-order valence-electron chi connectivity index (χ2n) is 3.88. The number of alkyl halides is 3. The Bertz CT molecular complexity index is 486. The van der Waals surface area contributed by atoms with Crippen LogP contribution < -0.4 is 4.57 Å². The van der Waals surface area contributed by atoms with Gasteiger partial charge in [-0.05, 0) is 18.9 Å². The van der Waals surface area contributed by atoms with Gasteiger partial charge in [0.1, 0.15) is 7.05 Å². The fraction of sp³-hybridized carbons (Fsp3) is 0.545. The molecule has 0 atom stereocenters. The largest absolute Gasteiger partial charge is 0.741 e. The van der Waals surface area contributed by atoms with E-state index in [4.69, 9.17) is 13.0 Å². The maximum absolute atomic E-state index is 10.7. The van der Waals surface area contributed by atoms with Crippen LogP contribution in [0.2, 0.25) is 0 Å². The summed E-state index contributed by atoms with van der Waals surface area (Å²) in [6.07, 6.45) is 8.04. The molecule has 0 saturated heterocycles. The lowest BCUT2D eigenvalue weighted by Crippen LogP contribution is -2.26. The van der Waals surface area contributed by atoms with Gasteiger partial charge in [-0.25, -0.2) is 13.0 Å². The maximum Gasteiger partial charge on any atom is 0.485 e. The first kappa shape index (κ1) is 17.8. The molecule has 0 aromatic carbocycles. The molecule has 0 amide bonds. The Morgan fingerprint density at radius 2 is 1.89 bits per heavy atom. The number of hydrogen-bond donors (Lipinski definition) is 0. The molecule has 8 heteroatoms. The molecule has 0 unspecified atom stereocenters. The number of aryl methyl sites for hydroxylation is 2. The van der Waals surface area contributed by atoms with Crippen LogP contribution in [0.15, 0.2) is 24.5 Å². The Morgan fingerprint density at radius 1 is 1.37 bits per heavy atom. The second kappa shape index (κ2) is 7.44. The molecule has 0 fully saturated rings. The van der Waals surface area contributed by atoms with E-state index < -0.39 is 15.6 Å². The van der Waals surface area contributed by atoms with Crippen LogP contribution in [0, 0.1) is 0 Å². The topological polar surface area (TPSA) is 61.1 Å². The zero-order valence-corrected chi connectivity index (χ0v) is 11.5. The second-order valence-corrected chi connectivity index (χ2v) is 5.25. The van der Waals surface area contributed by atoms with Crippen molar-refractivity contribution in [2.45, 2.75) is 31.7 Å². The summed E-state index contributed by atoms with van der Waals surface area (Å²) in [4.78, 5) is 0. The summed E-state index contributed by atoms with van der Waals surface area (Å²) >= 11 is 0. The third-order valence-electron chi connectivity index (χ3n) is 2.10. The molecule has 0 N–H and O–H groups in total. The number of hydrogen-bond acceptors (Lipinski definition) is 3. The molecule has 0 bridgehead atoms. The lowest BCUT2D eigenvalue weighted by Gasteiger charge is -2.08. The predicted octanol–water partition coefficient (Wildman–Crippen LogP) is 1.91. The van der Waals surface area contributed by atoms with E-state index in [1.54, 1.807) is 0 Å². The van der Waals surface area contributed by atoms with Crippen molar-refractivity contribution >= 4 is 10.1 Å². The molecule has 0 aliphatic carbocycles. The molecule has 1 aromatic heterocycles. The molecular formula is C11H16F3NO3S. The minimum absolute atomic E-state index is 1.21. The SMILES string of the molecule is CCCCc1ccc[n+](C)c1.O=S(=O)([O-])C(F)(F)F. The van der Waals surface area contributed by atoms with E-state index in [2.05, 4.69) is 43.1 Å². The summed E-state index contributed by atoms with van der Waals surface area (Å²) in [7, 11) is -4.03. The zero-order chi connectivity index (χ0) is 15.1. The fourth-order valence-electron chi connectivity index (χ4n) is 1.18. The van der Waals surface area contributed by atoms with E-state index in [0.717, 1.165) is 0 Å². The number of aromatic nitrogens is 1. The van der Waals surface area contributed by atoms with E-state index in [1.807, 2.05) is 0 Å². The highest BCUT2D eigenvalue weighted by Crippen LogP contribution is 2.20. The molecule has 0 spiro atoms. The Morgan fingerprint density at radius 3 is 2.26 bits per heavy atom. The summed E-state index contributed by atoms with van der Waals surface area (Å²) in [5.74, 6) is 0. The fourth-order valence-corrected chi connectivity index (χ4v) is 1.18. The molecule has 1 rings (SSSR count). The molecule has 0 aliphatic heterocycles. The van der Waals surface area contributed by atoms with Gasteiger partial charge in [-0.2, -0.15) is 13.2 Å². The number of nitrogens with zero attached hydrogens (tertiary/aromatic N) is 1. The van der Waals surface area contributed by atoms with Crippen LogP contribution >= 0.6 is 0 Å². The van der Waals surface area contributed by atoms with Crippen molar-refractivity contribution in [2.24, 2.45) is 7.05 Å². The highest BCUT2D eigenvalue weighted by molar-refractivity contribution is 7.86. The van der Waals surface area contributed by atoms with Gasteiger partial charge in [0.05, 0.1) is 0 Å². The molecule has 1 aromatic rings. The molecular weight excluding hydrogens is 283 g/mol. The van der Waals surface area contributed by atoms with E-state index in [-0.39, 0.29) is 0 Å². The molecule has 1 heterocycles. The van der Waals surface area contributed by atoms with Crippen molar-refractivity contribution in [3.8, 4) is 0 Å². The summed E-state index contributed by atoms with van der Waals surface area (Å²) < 4.78 is 61.0. The Hall–Kier alpha value is -1.15. The van der Waals surface area contributed by atoms with Crippen LogP contribution in [0.1, 0.15) is 25.3 Å². The molecule has 0 aliphatic rings. The van der Waals surface area contributed by atoms with Crippen LogP contribution in [-0.4, -0.2) is 18.5 Å². The van der Waals surface area contributed by atoms with Crippen molar-refractivity contribution in [3.05, 3.63) is 30.1 Å². The number of pyridine rings is 1. The number of rotatable bonds is 3. The Labute approximate surface area is 110 Å². The van der Waals surface area contributed by atoms with Crippen molar-refractivity contribution in [1.82, 2.24) is 0 Å². The van der Waals surface area contributed by atoms with Crippen LogP contribution in [-0.2, 0) is 23.6 Å². The van der Waals surface area contributed by atoms with Crippen molar-refractivity contribution in [1.29, 1.82) is 0 Å². The molecule has 110 valence electrons. The third-order valence-corrected chi connectivity index (χ3v) is 2.67. The summed E-state index contributed by atoms with van der Waals surface area (Å²) in [5, 5.41) is 0. The zero-order valence-electron chi connectivity index (χ0n) is 10.6. The first-order valence-electron chi connectivity index (χ1n) is 5.54. The van der Waals surface area contributed by atoms with Gasteiger partial charge in [-0.1, -0.05) is 13.3 Å². The lowest BCUT2D eigenvalue weighted by molar-refractivity contribution is -0.671. The molecule has 19 heavy (non-hydrogen) atoms. The lowest BCUT2D eigenvalue weighted by atomic mass is 10.1. The van der Waals surface area contributed by atoms with Gasteiger partial charge in [-0.15, -0.1) is 0 Å². The van der Waals surface area contributed by atoms with Gasteiger partial charge in [0.2, 0.25) is 0 Å². The quantitative estimate of drug-likeness (QED) is 0.486. The molecule has 0 saturated carbocycles. The standard InChI is InChI=1S/C10H16N.CHF3O3S/c1-3-4-6-10-7-5-8-11(2)9-10;2-1(3,4)8(5,6)7/h5,7-9H,3-4,6H2,1-2H3;(H,5,6,7)/q+1;/p-1. The molecule has 4 nitrogen and oxygen atoms in total. The minimum atomic E-state index is -6.09. The summed E-state index contributed by atoms with van der Waals surface area (Å²) in [6, 6.07) is 4.29. The maximum atomic E-state index is 10.7. The van der Waals surface area contributed by atoms with Crippen molar-refractivity contribution in [3.63, 3.8) is 0 Å². The molecule has 0 radical (unpaired) electrons. The van der Waals surface area contributed by atoms with E-state index in [1.165, 1.54) is 24.8 Å². The third kappa shape index (κ3) is 7.78. The normalized spacial score (nSPS) is 11.7. The van der Waals surface area contributed by atoms with Crippen molar-refractivity contribution < 1.29 is 30.7 Å². The van der Waals surface area contributed by atoms with E-state index in [0.29, 0.717) is 0 Å². The first-order chi connectivity index (χ1) is 8.58. The van der Waals surface area contributed by atoms with Crippen LogP contribution in [0.25, 0.3) is 0 Å². The number of unbranched alkanes of at least 4 members (excludes halogenated alkanes) is 1. The highest BCUT2D eigenvalue weighted by Gasteiger charge is 2.36. The first-order valence-corrected chi connectivity index (χ1v) is 6.95. The summed E-state index contributed by atoms with van der Waals surface area (Å²) in [5.41, 5.74) is -4.20. The van der Waals surface area contributed by atoms with Gasteiger partial charge in [0, 0.05) is 11.6 Å². The predicted molar refractivity (Wildman–Crippen MR) is 62.0 cm³/mol.